The molecule has 0 fully saturated rings. The summed E-state index contributed by atoms with van der Waals surface area (Å²) in [7, 11) is 1.62. The van der Waals surface area contributed by atoms with E-state index in [1.807, 2.05) is 12.2 Å². The average molecular weight is 210 g/mol. The molecule has 0 spiro atoms. The molecule has 0 unspecified atom stereocenters. The Morgan fingerprint density at radius 3 is 2.93 bits per heavy atom. The first-order chi connectivity index (χ1) is 7.11. The smallest absolute Gasteiger partial charge is 0.303 e. The summed E-state index contributed by atoms with van der Waals surface area (Å²) in [5, 5.41) is 0. The minimum Gasteiger partial charge on any atom is -0.504 e. The molecule has 3 nitrogen and oxygen atoms in total. The molecule has 0 aliphatic heterocycles. The van der Waals surface area contributed by atoms with Gasteiger partial charge in [0.25, 0.3) is 0 Å². The second-order valence-electron chi connectivity index (χ2n) is 3.97. The fraction of sp³-hybridized carbons (Fsp3) is 0.583. The number of allylic oxidation sites excluding steroid dienone is 2. The summed E-state index contributed by atoms with van der Waals surface area (Å²) in [4.78, 5) is 10.8. The molecule has 1 rings (SSSR count). The van der Waals surface area contributed by atoms with Crippen LogP contribution in [0.1, 0.15) is 26.7 Å². The summed E-state index contributed by atoms with van der Waals surface area (Å²) in [5.74, 6) is 0.316. The summed E-state index contributed by atoms with van der Waals surface area (Å²) in [5.41, 5.74) is 1.17. The highest BCUT2D eigenvalue weighted by molar-refractivity contribution is 5.66. The van der Waals surface area contributed by atoms with E-state index in [0.717, 1.165) is 12.8 Å². The third-order valence-corrected chi connectivity index (χ3v) is 2.35. The maximum Gasteiger partial charge on any atom is 0.303 e. The molecular formula is C12H18O3. The van der Waals surface area contributed by atoms with E-state index in [0.29, 0.717) is 5.92 Å². The van der Waals surface area contributed by atoms with Crippen molar-refractivity contribution in [3.8, 4) is 0 Å². The highest BCUT2D eigenvalue weighted by Crippen LogP contribution is 2.26. The highest BCUT2D eigenvalue weighted by atomic mass is 16.5. The van der Waals surface area contributed by atoms with E-state index in [9.17, 15) is 4.79 Å². The van der Waals surface area contributed by atoms with Crippen molar-refractivity contribution in [2.24, 2.45) is 5.92 Å². The first-order valence-electron chi connectivity index (χ1n) is 5.19. The number of ether oxygens (including phenoxy) is 2. The zero-order chi connectivity index (χ0) is 11.3. The lowest BCUT2D eigenvalue weighted by atomic mass is 9.88. The Kier molecular flexibility index (Phi) is 4.40. The maximum atomic E-state index is 10.8. The Morgan fingerprint density at radius 1 is 1.60 bits per heavy atom. The quantitative estimate of drug-likeness (QED) is 0.530. The van der Waals surface area contributed by atoms with Gasteiger partial charge in [-0.15, -0.1) is 0 Å². The predicted octanol–water partition coefficient (Wildman–Crippen LogP) is 2.43. The second-order valence-corrected chi connectivity index (χ2v) is 3.97. The van der Waals surface area contributed by atoms with Crippen molar-refractivity contribution < 1.29 is 14.3 Å². The van der Waals surface area contributed by atoms with Gasteiger partial charge in [0.15, 0.2) is 0 Å². The lowest BCUT2D eigenvalue weighted by Gasteiger charge is -2.24. The maximum absolute atomic E-state index is 10.8. The molecule has 84 valence electrons. The molecule has 0 bridgehead atoms. The molecule has 15 heavy (non-hydrogen) atoms. The molecule has 0 radical (unpaired) electrons. The third kappa shape index (κ3) is 4.19. The van der Waals surface area contributed by atoms with Gasteiger partial charge in [-0.2, -0.15) is 0 Å². The van der Waals surface area contributed by atoms with Gasteiger partial charge in [-0.25, -0.2) is 0 Å². The van der Waals surface area contributed by atoms with E-state index in [2.05, 4.69) is 6.92 Å². The molecule has 0 aromatic heterocycles. The van der Waals surface area contributed by atoms with Crippen LogP contribution in [-0.4, -0.2) is 19.2 Å². The molecule has 3 heteroatoms. The molecule has 0 saturated carbocycles. The van der Waals surface area contributed by atoms with E-state index >= 15 is 0 Å². The van der Waals surface area contributed by atoms with Crippen LogP contribution in [-0.2, 0) is 14.3 Å². The van der Waals surface area contributed by atoms with Gasteiger partial charge in [0.2, 0.25) is 0 Å². The van der Waals surface area contributed by atoms with E-state index < -0.39 is 0 Å². The molecule has 1 aliphatic rings. The molecule has 1 aliphatic carbocycles. The lowest BCUT2D eigenvalue weighted by molar-refractivity contribution is -0.144. The van der Waals surface area contributed by atoms with E-state index in [1.165, 1.54) is 12.5 Å². The molecule has 0 aromatic rings. The molecule has 0 aromatic carbocycles. The first kappa shape index (κ1) is 11.8. The fourth-order valence-electron chi connectivity index (χ4n) is 1.83. The number of carbonyl (C=O) groups excluding carboxylic acids is 1. The Bertz CT molecular complexity index is 279. The summed E-state index contributed by atoms with van der Waals surface area (Å²) in [6.45, 7) is 3.60. The Hall–Kier alpha value is -1.25. The SMILES string of the molecule is CO/C=C/C1=C[C@@H](OC(C)=O)C[C@@H](C)C1. The summed E-state index contributed by atoms with van der Waals surface area (Å²) in [6, 6.07) is 0. The number of hydrogen-bond donors (Lipinski definition) is 0. The van der Waals surface area contributed by atoms with Crippen molar-refractivity contribution >= 4 is 5.97 Å². The van der Waals surface area contributed by atoms with Gasteiger partial charge < -0.3 is 9.47 Å². The number of rotatable bonds is 3. The zero-order valence-corrected chi connectivity index (χ0v) is 9.53. The predicted molar refractivity (Wildman–Crippen MR) is 58.2 cm³/mol. The van der Waals surface area contributed by atoms with Gasteiger partial charge >= 0.3 is 5.97 Å². The number of esters is 1. The topological polar surface area (TPSA) is 35.5 Å². The van der Waals surface area contributed by atoms with Crippen molar-refractivity contribution in [3.05, 3.63) is 24.0 Å². The Balaban J connectivity index is 2.65. The van der Waals surface area contributed by atoms with Gasteiger partial charge in [0, 0.05) is 6.92 Å². The fourth-order valence-corrected chi connectivity index (χ4v) is 1.83. The molecular weight excluding hydrogens is 192 g/mol. The summed E-state index contributed by atoms with van der Waals surface area (Å²) < 4.78 is 10.0. The largest absolute Gasteiger partial charge is 0.504 e. The van der Waals surface area contributed by atoms with Crippen molar-refractivity contribution in [2.45, 2.75) is 32.8 Å². The number of methoxy groups -OCH3 is 1. The van der Waals surface area contributed by atoms with Gasteiger partial charge in [-0.05, 0) is 36.5 Å². The van der Waals surface area contributed by atoms with Crippen LogP contribution in [0.25, 0.3) is 0 Å². The van der Waals surface area contributed by atoms with Crippen LogP contribution in [0.2, 0.25) is 0 Å². The minimum atomic E-state index is -0.222. The molecule has 2 atom stereocenters. The molecule has 0 N–H and O–H groups in total. The summed E-state index contributed by atoms with van der Waals surface area (Å²) in [6.07, 6.45) is 7.40. The van der Waals surface area contributed by atoms with Crippen molar-refractivity contribution in [1.29, 1.82) is 0 Å². The van der Waals surface area contributed by atoms with Crippen LogP contribution in [0.4, 0.5) is 0 Å². The number of hydrogen-bond acceptors (Lipinski definition) is 3. The van der Waals surface area contributed by atoms with Gasteiger partial charge in [0.05, 0.1) is 13.4 Å². The Labute approximate surface area is 90.8 Å². The van der Waals surface area contributed by atoms with Gasteiger partial charge in [-0.3, -0.25) is 4.79 Å². The Morgan fingerprint density at radius 2 is 2.33 bits per heavy atom. The number of carbonyl (C=O) groups is 1. The molecule has 0 heterocycles. The second kappa shape index (κ2) is 5.59. The van der Waals surface area contributed by atoms with Crippen molar-refractivity contribution in [3.63, 3.8) is 0 Å². The normalized spacial score (nSPS) is 26.2. The highest BCUT2D eigenvalue weighted by Gasteiger charge is 2.20. The minimum absolute atomic E-state index is 0.0808. The van der Waals surface area contributed by atoms with Crippen molar-refractivity contribution in [1.82, 2.24) is 0 Å². The van der Waals surface area contributed by atoms with E-state index in [1.54, 1.807) is 13.4 Å². The summed E-state index contributed by atoms with van der Waals surface area (Å²) >= 11 is 0. The van der Waals surface area contributed by atoms with Crippen LogP contribution in [0.3, 0.4) is 0 Å². The van der Waals surface area contributed by atoms with Crippen LogP contribution in [0.5, 0.6) is 0 Å². The zero-order valence-electron chi connectivity index (χ0n) is 9.53. The van der Waals surface area contributed by atoms with E-state index in [4.69, 9.17) is 9.47 Å². The van der Waals surface area contributed by atoms with Crippen molar-refractivity contribution in [2.75, 3.05) is 7.11 Å². The van der Waals surface area contributed by atoms with E-state index in [-0.39, 0.29) is 12.1 Å². The molecule has 0 amide bonds. The third-order valence-electron chi connectivity index (χ3n) is 2.35. The average Bonchev–Trinajstić information content (AvgIpc) is 2.12. The van der Waals surface area contributed by atoms with Crippen LogP contribution in [0.15, 0.2) is 24.0 Å². The van der Waals surface area contributed by atoms with Gasteiger partial charge in [-0.1, -0.05) is 6.92 Å². The van der Waals surface area contributed by atoms with Crippen LogP contribution < -0.4 is 0 Å². The van der Waals surface area contributed by atoms with Gasteiger partial charge in [0.1, 0.15) is 6.10 Å². The van der Waals surface area contributed by atoms with Crippen LogP contribution in [0, 0.1) is 5.92 Å². The standard InChI is InChI=1S/C12H18O3/c1-9-6-11(4-5-14-3)8-12(7-9)15-10(2)13/h4-5,8-9,12H,6-7H2,1-3H3/b5-4+/t9-,12-/m0/s1. The lowest BCUT2D eigenvalue weighted by Crippen LogP contribution is -2.21. The monoisotopic (exact) mass is 210 g/mol. The molecule has 0 saturated heterocycles. The van der Waals surface area contributed by atoms with Crippen LogP contribution >= 0.6 is 0 Å². The first-order valence-corrected chi connectivity index (χ1v) is 5.19.